The van der Waals surface area contributed by atoms with Crippen LogP contribution in [0.1, 0.15) is 50.1 Å². The molecule has 0 N–H and O–H groups in total. The Morgan fingerprint density at radius 3 is 0.263 bits per heavy atom. The van der Waals surface area contributed by atoms with Gasteiger partial charge in [0.15, 0.2) is 0 Å². The van der Waals surface area contributed by atoms with Gasteiger partial charge in [-0.05, 0) is 181 Å². The summed E-state index contributed by atoms with van der Waals surface area (Å²) in [5.74, 6) is 0. The van der Waals surface area contributed by atoms with Crippen LogP contribution >= 0.6 is 33.0 Å². The molecule has 9 aromatic rings. The second kappa shape index (κ2) is 30.4. The van der Waals surface area contributed by atoms with Crippen LogP contribution in [0, 0.1) is 0 Å². The van der Waals surface area contributed by atoms with E-state index in [0.29, 0.717) is 47.7 Å². The number of alkyl halides is 27. The molecule has 32 heteroatoms. The minimum atomic E-state index is -4.58. The third-order valence-electron chi connectivity index (χ3n) is 13.1. The molecule has 0 unspecified atom stereocenters. The third kappa shape index (κ3) is 21.2. The molecule has 0 aliphatic carbocycles. The van der Waals surface area contributed by atoms with Crippen molar-refractivity contribution in [1.82, 2.24) is 0 Å². The molecule has 510 valence electrons. The van der Waals surface area contributed by atoms with Crippen molar-refractivity contribution in [2.45, 2.75) is 55.6 Å². The minimum absolute atomic E-state index is 0.350. The Kier molecular flexibility index (Phi) is 24.8. The Morgan fingerprint density at radius 2 is 0.211 bits per heavy atom. The summed E-state index contributed by atoms with van der Waals surface area (Å²) in [5, 5.41) is 3.15. The van der Waals surface area contributed by atoms with Crippen LogP contribution in [0.15, 0.2) is 218 Å². The van der Waals surface area contributed by atoms with Crippen LogP contribution in [0.2, 0.25) is 0 Å². The topological polar surface area (TPSA) is 0 Å². The van der Waals surface area contributed by atoms with Gasteiger partial charge < -0.3 is 0 Å². The summed E-state index contributed by atoms with van der Waals surface area (Å²) in [4.78, 5) is 0. The standard InChI is InChI=1S/3C21H12F9P.Au.ClH/c3*22-19(23,24)13-1-7-16(8-2-13)31(17-9-3-14(4-10-17)20(25,26)27)18-11-5-15(6-12-18)21(28,29)30;;/h3*1-12H;;1H/q;;;+1;/p-1. The molecule has 0 heterocycles. The van der Waals surface area contributed by atoms with Gasteiger partial charge in [-0.25, -0.2) is 0 Å². The van der Waals surface area contributed by atoms with Crippen LogP contribution in [0.3, 0.4) is 0 Å². The van der Waals surface area contributed by atoms with Gasteiger partial charge in [0.2, 0.25) is 0 Å². The molecule has 0 aromatic heterocycles. The monoisotopic (exact) mass is 1630 g/mol. The molecule has 0 aliphatic rings. The van der Waals surface area contributed by atoms with Crippen molar-refractivity contribution in [3.63, 3.8) is 0 Å². The van der Waals surface area contributed by atoms with E-state index in [4.69, 9.17) is 0 Å². The van der Waals surface area contributed by atoms with Gasteiger partial charge in [-0.1, -0.05) is 109 Å². The van der Waals surface area contributed by atoms with Crippen LogP contribution in [0.4, 0.5) is 119 Å². The second-order valence-corrected chi connectivity index (χ2v) is 26.1. The van der Waals surface area contributed by atoms with Crippen molar-refractivity contribution >= 4 is 80.7 Å². The van der Waals surface area contributed by atoms with Crippen molar-refractivity contribution in [2.24, 2.45) is 0 Å². The summed E-state index contributed by atoms with van der Waals surface area (Å²) < 4.78 is 348. The summed E-state index contributed by atoms with van der Waals surface area (Å²) in [5.41, 5.74) is -8.20. The van der Waals surface area contributed by atoms with Gasteiger partial charge in [0, 0.05) is 0 Å². The van der Waals surface area contributed by atoms with E-state index < -0.39 is 129 Å². The van der Waals surface area contributed by atoms with E-state index in [1.165, 1.54) is 109 Å². The molecule has 0 bridgehead atoms. The zero-order chi connectivity index (χ0) is 71.1. The first-order valence-electron chi connectivity index (χ1n) is 25.9. The normalized spacial score (nSPS) is 12.8. The van der Waals surface area contributed by atoms with E-state index >= 15 is 0 Å². The third-order valence-corrected chi connectivity index (χ3v) is 20.4. The zero-order valence-electron chi connectivity index (χ0n) is 46.5. The number of halogens is 28. The Hall–Kier alpha value is -6.59. The molecular formula is C63H36AuClF27P3. The first kappa shape index (κ1) is 77.4. The fraction of sp³-hybridized carbons (Fsp3) is 0.143. The van der Waals surface area contributed by atoms with E-state index in [2.05, 4.69) is 9.19 Å². The van der Waals surface area contributed by atoms with Crippen LogP contribution in [-0.4, -0.2) is 0 Å². The van der Waals surface area contributed by atoms with E-state index in [1.807, 2.05) is 0 Å². The number of hydrogen-bond donors (Lipinski definition) is 0. The molecule has 0 nitrogen and oxygen atoms in total. The molecule has 0 radical (unpaired) electrons. The molecule has 95 heavy (non-hydrogen) atoms. The molecule has 0 aliphatic heterocycles. The molecule has 0 fully saturated rings. The van der Waals surface area contributed by atoms with Gasteiger partial charge in [-0.2, -0.15) is 119 Å². The maximum atomic E-state index is 12.9. The van der Waals surface area contributed by atoms with Crippen LogP contribution in [0.25, 0.3) is 0 Å². The van der Waals surface area contributed by atoms with E-state index in [-0.39, 0.29) is 0 Å². The van der Waals surface area contributed by atoms with Crippen molar-refractivity contribution in [1.29, 1.82) is 0 Å². The predicted octanol–water partition coefficient (Wildman–Crippen LogP) is 20.2. The molecule has 0 atom stereocenters. The fourth-order valence-corrected chi connectivity index (χ4v) is 15.2. The van der Waals surface area contributed by atoms with Crippen molar-refractivity contribution < 1.29 is 139 Å². The number of benzene rings is 9. The summed E-state index contributed by atoms with van der Waals surface area (Å²) >= 11 is 1.75. The predicted molar refractivity (Wildman–Crippen MR) is 306 cm³/mol. The molecular weight excluding hydrogens is 1590 g/mol. The van der Waals surface area contributed by atoms with Gasteiger partial charge >= 0.3 is 84.8 Å². The molecule has 9 aromatic carbocycles. The SMILES string of the molecule is FC(F)(F)c1ccc(P(c2ccc(C(F)(F)F)cc2)c2ccc(C(F)(F)F)cc2)cc1.FC(F)(F)c1ccc(P(c2ccc(C(F)(F)F)cc2)c2ccc(C(F)(F)F)cc2)cc1.FC(F)(F)c1ccc(P(c2ccc(C(F)(F)F)cc2)c2ccc(C(F)(F)F)cc2)cc1.[Cl][Au]. The molecule has 0 saturated carbocycles. The van der Waals surface area contributed by atoms with E-state index in [0.717, 1.165) is 109 Å². The van der Waals surface area contributed by atoms with Gasteiger partial charge in [0.05, 0.1) is 50.1 Å². The quantitative estimate of drug-likeness (QED) is 0.0768. The Morgan fingerprint density at radius 1 is 0.147 bits per heavy atom. The van der Waals surface area contributed by atoms with Crippen molar-refractivity contribution in [3.05, 3.63) is 268 Å². The summed E-state index contributed by atoms with van der Waals surface area (Å²) in [6.45, 7) is 0. The van der Waals surface area contributed by atoms with Gasteiger partial charge in [-0.3, -0.25) is 0 Å². The van der Waals surface area contributed by atoms with Crippen LogP contribution < -0.4 is 47.7 Å². The van der Waals surface area contributed by atoms with Gasteiger partial charge in [0.25, 0.3) is 0 Å². The summed E-state index contributed by atoms with van der Waals surface area (Å²) in [7, 11) is -0.495. The molecule has 0 saturated heterocycles. The van der Waals surface area contributed by atoms with Gasteiger partial charge in [0.1, 0.15) is 0 Å². The number of hydrogen-bond acceptors (Lipinski definition) is 0. The average molecular weight is 1630 g/mol. The fourth-order valence-electron chi connectivity index (χ4n) is 8.54. The Labute approximate surface area is 540 Å². The molecule has 0 amide bonds. The Bertz CT molecular complexity index is 3060. The van der Waals surface area contributed by atoms with Crippen molar-refractivity contribution in [3.8, 4) is 0 Å². The average Bonchev–Trinajstić information content (AvgIpc) is 0.804. The first-order valence-corrected chi connectivity index (χ1v) is 32.6. The van der Waals surface area contributed by atoms with E-state index in [1.54, 1.807) is 20.0 Å². The zero-order valence-corrected chi connectivity index (χ0v) is 52.1. The first-order chi connectivity index (χ1) is 43.8. The van der Waals surface area contributed by atoms with Crippen LogP contribution in [0.5, 0.6) is 0 Å². The summed E-state index contributed by atoms with van der Waals surface area (Å²) in [6.07, 6.45) is -41.2. The van der Waals surface area contributed by atoms with E-state index in [9.17, 15) is 119 Å². The van der Waals surface area contributed by atoms with Gasteiger partial charge in [-0.15, -0.1) is 0 Å². The maximum absolute atomic E-state index is 12.9. The molecule has 0 spiro atoms. The molecule has 9 rings (SSSR count). The Balaban J connectivity index is 0.000000223. The summed E-state index contributed by atoms with van der Waals surface area (Å²) in [6, 6.07) is 36.3. The second-order valence-electron chi connectivity index (χ2n) is 19.4. The van der Waals surface area contributed by atoms with Crippen molar-refractivity contribution in [2.75, 3.05) is 0 Å². The van der Waals surface area contributed by atoms with Crippen LogP contribution in [-0.2, 0) is 75.6 Å². The number of rotatable bonds is 9.